The fourth-order valence-corrected chi connectivity index (χ4v) is 3.58. The van der Waals surface area contributed by atoms with E-state index in [1.807, 2.05) is 6.26 Å². The molecule has 0 aromatic carbocycles. The lowest BCUT2D eigenvalue weighted by Crippen LogP contribution is -2.52. The van der Waals surface area contributed by atoms with E-state index in [0.717, 1.165) is 56.1 Å². The molecule has 0 atom stereocenters. The molecule has 1 aromatic heterocycles. The molecule has 0 radical (unpaired) electrons. The van der Waals surface area contributed by atoms with E-state index in [9.17, 15) is 4.79 Å². The zero-order chi connectivity index (χ0) is 16.9. The van der Waals surface area contributed by atoms with E-state index in [2.05, 4.69) is 33.9 Å². The van der Waals surface area contributed by atoms with Crippen molar-refractivity contribution >= 4 is 30.1 Å². The van der Waals surface area contributed by atoms with Gasteiger partial charge in [-0.3, -0.25) is 4.79 Å². The average Bonchev–Trinajstić information content (AvgIpc) is 3.11. The molecule has 138 valence electrons. The first-order chi connectivity index (χ1) is 11.0. The van der Waals surface area contributed by atoms with Crippen molar-refractivity contribution < 1.29 is 4.79 Å². The van der Waals surface area contributed by atoms with E-state index in [1.165, 1.54) is 0 Å². The van der Waals surface area contributed by atoms with Gasteiger partial charge < -0.3 is 15.6 Å². The summed E-state index contributed by atoms with van der Waals surface area (Å²) >= 11 is 1.62. The third-order valence-electron chi connectivity index (χ3n) is 4.33. The standard InChI is InChI=1S/C16H29N5OS.ClH/c1-12(2)11-21-13(19-20-15(21)23-3)7-6-10-18-14(22)16(17)8-4-5-9-16;/h12H,4-11,17H2,1-3H3,(H,18,22);1H. The van der Waals surface area contributed by atoms with E-state index < -0.39 is 5.54 Å². The molecular formula is C16H30ClN5OS. The first-order valence-corrected chi connectivity index (χ1v) is 9.72. The second-order valence-electron chi connectivity index (χ2n) is 6.83. The van der Waals surface area contributed by atoms with Gasteiger partial charge in [-0.1, -0.05) is 38.5 Å². The zero-order valence-corrected chi connectivity index (χ0v) is 16.5. The molecule has 0 saturated heterocycles. The van der Waals surface area contributed by atoms with Crippen molar-refractivity contribution in [1.82, 2.24) is 20.1 Å². The second kappa shape index (κ2) is 9.63. The van der Waals surface area contributed by atoms with Crippen LogP contribution in [0.3, 0.4) is 0 Å². The fourth-order valence-electron chi connectivity index (χ4n) is 3.06. The van der Waals surface area contributed by atoms with E-state index in [-0.39, 0.29) is 18.3 Å². The Bertz CT molecular complexity index is 529. The molecule has 0 unspecified atom stereocenters. The van der Waals surface area contributed by atoms with Crippen molar-refractivity contribution in [1.29, 1.82) is 0 Å². The van der Waals surface area contributed by atoms with Crippen molar-refractivity contribution in [2.75, 3.05) is 12.8 Å². The maximum Gasteiger partial charge on any atom is 0.240 e. The lowest BCUT2D eigenvalue weighted by Gasteiger charge is -2.22. The van der Waals surface area contributed by atoms with Crippen LogP contribution in [-0.2, 0) is 17.8 Å². The molecule has 6 nitrogen and oxygen atoms in total. The summed E-state index contributed by atoms with van der Waals surface area (Å²) in [7, 11) is 0. The molecule has 24 heavy (non-hydrogen) atoms. The molecule has 3 N–H and O–H groups in total. The van der Waals surface area contributed by atoms with Gasteiger partial charge >= 0.3 is 0 Å². The molecule has 0 spiro atoms. The summed E-state index contributed by atoms with van der Waals surface area (Å²) in [4.78, 5) is 12.2. The molecule has 1 aliphatic carbocycles. The van der Waals surface area contributed by atoms with Crippen molar-refractivity contribution in [3.05, 3.63) is 5.82 Å². The number of nitrogens with one attached hydrogen (secondary N) is 1. The molecule has 8 heteroatoms. The minimum Gasteiger partial charge on any atom is -0.354 e. The number of thioether (sulfide) groups is 1. The van der Waals surface area contributed by atoms with E-state index in [4.69, 9.17) is 5.73 Å². The van der Waals surface area contributed by atoms with Crippen molar-refractivity contribution in [2.24, 2.45) is 11.7 Å². The maximum absolute atomic E-state index is 12.2. The normalized spacial score (nSPS) is 16.2. The number of rotatable bonds is 8. The summed E-state index contributed by atoms with van der Waals surface area (Å²) in [5.74, 6) is 1.55. The summed E-state index contributed by atoms with van der Waals surface area (Å²) in [6, 6.07) is 0. The van der Waals surface area contributed by atoms with Gasteiger partial charge in [0.1, 0.15) is 5.82 Å². The van der Waals surface area contributed by atoms with Crippen LogP contribution in [0.15, 0.2) is 5.16 Å². The number of nitrogens with two attached hydrogens (primary N) is 1. The number of hydrogen-bond acceptors (Lipinski definition) is 5. The Hall–Kier alpha value is -0.790. The minimum absolute atomic E-state index is 0. The Morgan fingerprint density at radius 2 is 2.04 bits per heavy atom. The molecule has 2 rings (SSSR count). The molecule has 1 heterocycles. The van der Waals surface area contributed by atoms with Gasteiger partial charge in [0.15, 0.2) is 5.16 Å². The summed E-state index contributed by atoms with van der Waals surface area (Å²) in [6.45, 7) is 5.95. The summed E-state index contributed by atoms with van der Waals surface area (Å²) in [5.41, 5.74) is 5.52. The van der Waals surface area contributed by atoms with Crippen molar-refractivity contribution in [3.63, 3.8) is 0 Å². The first-order valence-electron chi connectivity index (χ1n) is 8.49. The van der Waals surface area contributed by atoms with Crippen molar-refractivity contribution in [2.45, 2.75) is 69.6 Å². The molecule has 1 aromatic rings. The van der Waals surface area contributed by atoms with Crippen LogP contribution in [0.4, 0.5) is 0 Å². The summed E-state index contributed by atoms with van der Waals surface area (Å²) < 4.78 is 2.19. The van der Waals surface area contributed by atoms with Crippen LogP contribution in [0, 0.1) is 5.92 Å². The van der Waals surface area contributed by atoms with Gasteiger partial charge in [0.05, 0.1) is 5.54 Å². The predicted octanol–water partition coefficient (Wildman–Crippen LogP) is 2.40. The summed E-state index contributed by atoms with van der Waals surface area (Å²) in [5, 5.41) is 12.5. The van der Waals surface area contributed by atoms with Crippen LogP contribution in [0.25, 0.3) is 0 Å². The van der Waals surface area contributed by atoms with Crippen LogP contribution in [0.2, 0.25) is 0 Å². The Labute approximate surface area is 155 Å². The van der Waals surface area contributed by atoms with Crippen LogP contribution < -0.4 is 11.1 Å². The van der Waals surface area contributed by atoms with Gasteiger partial charge in [0.25, 0.3) is 0 Å². The lowest BCUT2D eigenvalue weighted by molar-refractivity contribution is -0.126. The Kier molecular flexibility index (Phi) is 8.53. The molecular weight excluding hydrogens is 346 g/mol. The molecule has 1 amide bonds. The predicted molar refractivity (Wildman–Crippen MR) is 101 cm³/mol. The lowest BCUT2D eigenvalue weighted by atomic mass is 9.98. The van der Waals surface area contributed by atoms with Crippen LogP contribution >= 0.6 is 24.2 Å². The van der Waals surface area contributed by atoms with Gasteiger partial charge in [-0.25, -0.2) is 0 Å². The highest BCUT2D eigenvalue weighted by Gasteiger charge is 2.36. The van der Waals surface area contributed by atoms with Gasteiger partial charge in [-0.15, -0.1) is 22.6 Å². The minimum atomic E-state index is -0.635. The van der Waals surface area contributed by atoms with Gasteiger partial charge in [-0.2, -0.15) is 0 Å². The Morgan fingerprint density at radius 3 is 2.62 bits per heavy atom. The zero-order valence-electron chi connectivity index (χ0n) is 14.9. The maximum atomic E-state index is 12.2. The average molecular weight is 376 g/mol. The van der Waals surface area contributed by atoms with Crippen LogP contribution in [0.1, 0.15) is 51.8 Å². The van der Waals surface area contributed by atoms with Gasteiger partial charge in [-0.05, 0) is 31.4 Å². The molecule has 1 aliphatic rings. The highest BCUT2D eigenvalue weighted by atomic mass is 35.5. The van der Waals surface area contributed by atoms with E-state index in [1.54, 1.807) is 11.8 Å². The van der Waals surface area contributed by atoms with Crippen LogP contribution in [-0.4, -0.2) is 39.0 Å². The quantitative estimate of drug-likeness (QED) is 0.538. The van der Waals surface area contributed by atoms with Crippen LogP contribution in [0.5, 0.6) is 0 Å². The monoisotopic (exact) mass is 375 g/mol. The smallest absolute Gasteiger partial charge is 0.240 e. The number of hydrogen-bond donors (Lipinski definition) is 2. The number of amides is 1. The van der Waals surface area contributed by atoms with Gasteiger partial charge in [0, 0.05) is 19.5 Å². The molecule has 1 saturated carbocycles. The first kappa shape index (κ1) is 21.3. The number of nitrogens with zero attached hydrogens (tertiary/aromatic N) is 3. The number of halogens is 1. The molecule has 0 aliphatic heterocycles. The SMILES string of the molecule is CSc1nnc(CCCNC(=O)C2(N)CCCC2)n1CC(C)C.Cl. The Morgan fingerprint density at radius 1 is 1.38 bits per heavy atom. The number of carbonyl (C=O) groups excluding carboxylic acids is 1. The van der Waals surface area contributed by atoms with E-state index in [0.29, 0.717) is 12.5 Å². The third-order valence-corrected chi connectivity index (χ3v) is 5.00. The van der Waals surface area contributed by atoms with Crippen molar-refractivity contribution in [3.8, 4) is 0 Å². The molecule has 0 bridgehead atoms. The number of aryl methyl sites for hydroxylation is 1. The fraction of sp³-hybridized carbons (Fsp3) is 0.812. The number of aromatic nitrogens is 3. The second-order valence-corrected chi connectivity index (χ2v) is 7.60. The Balaban J connectivity index is 0.00000288. The molecule has 1 fully saturated rings. The summed E-state index contributed by atoms with van der Waals surface area (Å²) in [6.07, 6.45) is 7.41. The van der Waals surface area contributed by atoms with Gasteiger partial charge in [0.2, 0.25) is 5.91 Å². The largest absolute Gasteiger partial charge is 0.354 e. The number of carbonyl (C=O) groups is 1. The highest BCUT2D eigenvalue weighted by Crippen LogP contribution is 2.27. The third kappa shape index (κ3) is 5.36. The topological polar surface area (TPSA) is 85.8 Å². The highest BCUT2D eigenvalue weighted by molar-refractivity contribution is 7.98. The van der Waals surface area contributed by atoms with E-state index >= 15 is 0 Å².